The minimum atomic E-state index is -0.545. The molecule has 1 aromatic rings. The van der Waals surface area contributed by atoms with E-state index in [2.05, 4.69) is 0 Å². The fraction of sp³-hybridized carbons (Fsp3) is 0.364. The van der Waals surface area contributed by atoms with Gasteiger partial charge < -0.3 is 4.74 Å². The van der Waals surface area contributed by atoms with Crippen LogP contribution in [0, 0.1) is 6.92 Å². The van der Waals surface area contributed by atoms with E-state index in [1.807, 2.05) is 31.2 Å². The third-order valence-electron chi connectivity index (χ3n) is 2.07. The molecular formula is C11H13ClO2. The molecule has 14 heavy (non-hydrogen) atoms. The van der Waals surface area contributed by atoms with Crippen molar-refractivity contribution in [3.05, 3.63) is 35.4 Å². The average molecular weight is 213 g/mol. The van der Waals surface area contributed by atoms with Crippen LogP contribution in [0.3, 0.4) is 0 Å². The molecular weight excluding hydrogens is 200 g/mol. The summed E-state index contributed by atoms with van der Waals surface area (Å²) in [5, 5.41) is -0.460. The van der Waals surface area contributed by atoms with Crippen molar-refractivity contribution in [2.45, 2.75) is 26.6 Å². The van der Waals surface area contributed by atoms with Crippen LogP contribution in [0.25, 0.3) is 0 Å². The number of hydrogen-bond acceptors (Lipinski definition) is 2. The van der Waals surface area contributed by atoms with E-state index < -0.39 is 11.3 Å². The molecule has 0 heterocycles. The van der Waals surface area contributed by atoms with Crippen molar-refractivity contribution in [3.8, 4) is 0 Å². The zero-order valence-corrected chi connectivity index (χ0v) is 9.04. The first-order chi connectivity index (χ1) is 6.61. The largest absolute Gasteiger partial charge is 0.365 e. The molecule has 0 bridgehead atoms. The summed E-state index contributed by atoms with van der Waals surface area (Å²) in [6.07, 6.45) is -0.545. The zero-order valence-electron chi connectivity index (χ0n) is 8.29. The summed E-state index contributed by atoms with van der Waals surface area (Å²) in [6.45, 7) is 4.08. The first-order valence-corrected chi connectivity index (χ1v) is 4.84. The maximum absolute atomic E-state index is 10.7. The van der Waals surface area contributed by atoms with Gasteiger partial charge in [-0.15, -0.1) is 0 Å². The molecule has 0 saturated carbocycles. The van der Waals surface area contributed by atoms with Crippen LogP contribution in [-0.4, -0.2) is 11.3 Å². The molecule has 1 aromatic carbocycles. The Kier molecular flexibility index (Phi) is 4.11. The number of hydrogen-bond donors (Lipinski definition) is 0. The van der Waals surface area contributed by atoms with E-state index in [0.717, 1.165) is 11.1 Å². The summed E-state index contributed by atoms with van der Waals surface area (Å²) >= 11 is 5.27. The average Bonchev–Trinajstić information content (AvgIpc) is 2.16. The predicted molar refractivity (Wildman–Crippen MR) is 56.3 cm³/mol. The smallest absolute Gasteiger partial charge is 0.250 e. The molecule has 0 aliphatic carbocycles. The number of ether oxygens (including phenoxy) is 1. The normalized spacial score (nSPS) is 12.5. The van der Waals surface area contributed by atoms with Gasteiger partial charge in [-0.3, -0.25) is 4.79 Å². The first kappa shape index (κ1) is 11.2. The Morgan fingerprint density at radius 3 is 2.71 bits per heavy atom. The standard InChI is InChI=1S/C11H13ClO2/c1-8-5-3-4-6-10(8)7-14-9(2)11(12)13/h3-6,9H,7H2,1-2H3/t9-/m0/s1. The van der Waals surface area contributed by atoms with Crippen molar-refractivity contribution in [2.24, 2.45) is 0 Å². The number of carbonyl (C=O) groups excluding carboxylic acids is 1. The monoisotopic (exact) mass is 212 g/mol. The van der Waals surface area contributed by atoms with Gasteiger partial charge in [-0.2, -0.15) is 0 Å². The van der Waals surface area contributed by atoms with Crippen LogP contribution < -0.4 is 0 Å². The Morgan fingerprint density at radius 1 is 1.50 bits per heavy atom. The summed E-state index contributed by atoms with van der Waals surface area (Å²) < 4.78 is 5.29. The summed E-state index contributed by atoms with van der Waals surface area (Å²) in [4.78, 5) is 10.7. The summed E-state index contributed by atoms with van der Waals surface area (Å²) in [5.41, 5.74) is 2.24. The molecule has 3 heteroatoms. The molecule has 0 fully saturated rings. The maximum atomic E-state index is 10.7. The van der Waals surface area contributed by atoms with Gasteiger partial charge in [-0.05, 0) is 36.6 Å². The molecule has 1 rings (SSSR count). The van der Waals surface area contributed by atoms with Crippen molar-refractivity contribution >= 4 is 16.8 Å². The minimum Gasteiger partial charge on any atom is -0.365 e. The highest BCUT2D eigenvalue weighted by Gasteiger charge is 2.10. The molecule has 0 unspecified atom stereocenters. The van der Waals surface area contributed by atoms with Gasteiger partial charge in [0.25, 0.3) is 0 Å². The summed E-state index contributed by atoms with van der Waals surface area (Å²) in [7, 11) is 0. The van der Waals surface area contributed by atoms with Gasteiger partial charge in [0.2, 0.25) is 5.24 Å². The van der Waals surface area contributed by atoms with Crippen LogP contribution in [0.4, 0.5) is 0 Å². The van der Waals surface area contributed by atoms with Gasteiger partial charge in [0, 0.05) is 0 Å². The zero-order chi connectivity index (χ0) is 10.6. The van der Waals surface area contributed by atoms with Gasteiger partial charge in [0.15, 0.2) is 0 Å². The van der Waals surface area contributed by atoms with E-state index in [-0.39, 0.29) is 0 Å². The van der Waals surface area contributed by atoms with Gasteiger partial charge >= 0.3 is 0 Å². The molecule has 0 saturated heterocycles. The molecule has 2 nitrogen and oxygen atoms in total. The lowest BCUT2D eigenvalue weighted by Crippen LogP contribution is -2.15. The number of benzene rings is 1. The third kappa shape index (κ3) is 3.13. The van der Waals surface area contributed by atoms with Gasteiger partial charge in [-0.25, -0.2) is 0 Å². The second-order valence-corrected chi connectivity index (χ2v) is 3.56. The number of carbonyl (C=O) groups is 1. The molecule has 0 N–H and O–H groups in total. The number of halogens is 1. The quantitative estimate of drug-likeness (QED) is 0.718. The van der Waals surface area contributed by atoms with Crippen LogP contribution in [-0.2, 0) is 16.1 Å². The maximum Gasteiger partial charge on any atom is 0.250 e. The molecule has 76 valence electrons. The highest BCUT2D eigenvalue weighted by molar-refractivity contribution is 6.64. The molecule has 0 aliphatic heterocycles. The molecule has 0 aromatic heterocycles. The van der Waals surface area contributed by atoms with Crippen molar-refractivity contribution in [3.63, 3.8) is 0 Å². The van der Waals surface area contributed by atoms with E-state index in [0.29, 0.717) is 6.61 Å². The Bertz CT molecular complexity index is 323. The minimum absolute atomic E-state index is 0.423. The topological polar surface area (TPSA) is 26.3 Å². The lowest BCUT2D eigenvalue weighted by Gasteiger charge is -2.10. The van der Waals surface area contributed by atoms with E-state index in [1.165, 1.54) is 0 Å². The first-order valence-electron chi connectivity index (χ1n) is 4.46. The summed E-state index contributed by atoms with van der Waals surface area (Å²) in [6, 6.07) is 7.89. The van der Waals surface area contributed by atoms with Gasteiger partial charge in [-0.1, -0.05) is 24.3 Å². The Labute approximate surface area is 88.8 Å². The molecule has 1 atom stereocenters. The lowest BCUT2D eigenvalue weighted by molar-refractivity contribution is -0.122. The van der Waals surface area contributed by atoms with E-state index >= 15 is 0 Å². The second kappa shape index (κ2) is 5.13. The van der Waals surface area contributed by atoms with Crippen molar-refractivity contribution in [2.75, 3.05) is 0 Å². The van der Waals surface area contributed by atoms with Gasteiger partial charge in [0.1, 0.15) is 6.10 Å². The van der Waals surface area contributed by atoms with Crippen LogP contribution in [0.2, 0.25) is 0 Å². The van der Waals surface area contributed by atoms with E-state index in [4.69, 9.17) is 16.3 Å². The lowest BCUT2D eigenvalue weighted by atomic mass is 10.1. The molecule has 0 spiro atoms. The molecule has 0 radical (unpaired) electrons. The van der Waals surface area contributed by atoms with Crippen LogP contribution >= 0.6 is 11.6 Å². The second-order valence-electron chi connectivity index (χ2n) is 3.18. The predicted octanol–water partition coefficient (Wildman–Crippen LogP) is 2.67. The highest BCUT2D eigenvalue weighted by Crippen LogP contribution is 2.10. The SMILES string of the molecule is Cc1ccccc1CO[C@@H](C)C(=O)Cl. The van der Waals surface area contributed by atoms with Crippen molar-refractivity contribution in [1.29, 1.82) is 0 Å². The van der Waals surface area contributed by atoms with E-state index in [1.54, 1.807) is 6.92 Å². The Morgan fingerprint density at radius 2 is 2.14 bits per heavy atom. The highest BCUT2D eigenvalue weighted by atomic mass is 35.5. The Balaban J connectivity index is 2.54. The fourth-order valence-corrected chi connectivity index (χ4v) is 1.12. The summed E-state index contributed by atoms with van der Waals surface area (Å²) in [5.74, 6) is 0. The van der Waals surface area contributed by atoms with Crippen molar-refractivity contribution < 1.29 is 9.53 Å². The molecule has 0 aliphatic rings. The number of aryl methyl sites for hydroxylation is 1. The van der Waals surface area contributed by atoms with Crippen molar-refractivity contribution in [1.82, 2.24) is 0 Å². The van der Waals surface area contributed by atoms with E-state index in [9.17, 15) is 4.79 Å². The fourth-order valence-electron chi connectivity index (χ4n) is 1.05. The van der Waals surface area contributed by atoms with Crippen LogP contribution in [0.1, 0.15) is 18.1 Å². The van der Waals surface area contributed by atoms with Crippen LogP contribution in [0.15, 0.2) is 24.3 Å². The van der Waals surface area contributed by atoms with Crippen LogP contribution in [0.5, 0.6) is 0 Å². The molecule has 0 amide bonds. The third-order valence-corrected chi connectivity index (χ3v) is 2.38. The van der Waals surface area contributed by atoms with Gasteiger partial charge in [0.05, 0.1) is 6.61 Å². The number of rotatable bonds is 4. The Hall–Kier alpha value is -0.860.